The van der Waals surface area contributed by atoms with Crippen LogP contribution in [0.3, 0.4) is 0 Å². The summed E-state index contributed by atoms with van der Waals surface area (Å²) in [5.41, 5.74) is 16.5. The Morgan fingerprint density at radius 2 is 1.60 bits per heavy atom. The number of nitrogens with two attached hydrogens (primary N) is 2. The van der Waals surface area contributed by atoms with Crippen molar-refractivity contribution in [3.8, 4) is 0 Å². The van der Waals surface area contributed by atoms with E-state index in [1.807, 2.05) is 42.5 Å². The van der Waals surface area contributed by atoms with Crippen molar-refractivity contribution in [1.82, 2.24) is 14.5 Å². The summed E-state index contributed by atoms with van der Waals surface area (Å²) in [5, 5.41) is 1.00. The molecule has 5 aromatic rings. The molecule has 0 aliphatic carbocycles. The SMILES string of the molecule is NC(=O)c1cccc(C(=O)c2ccccc2)c1CCCCn1cnc2c(N)nc3ccccc3c21. The lowest BCUT2D eigenvalue weighted by molar-refractivity contribution is 0.0999. The summed E-state index contributed by atoms with van der Waals surface area (Å²) in [6.45, 7) is 0.713. The molecule has 5 rings (SSSR count). The molecule has 0 unspecified atom stereocenters. The molecule has 1 amide bonds. The van der Waals surface area contributed by atoms with Crippen LogP contribution in [0.15, 0.2) is 79.1 Å². The molecule has 0 saturated carbocycles. The lowest BCUT2D eigenvalue weighted by atomic mass is 9.91. The van der Waals surface area contributed by atoms with E-state index in [1.165, 1.54) is 0 Å². The van der Waals surface area contributed by atoms with Crippen LogP contribution in [0.5, 0.6) is 0 Å². The van der Waals surface area contributed by atoms with Gasteiger partial charge in [0.1, 0.15) is 5.52 Å². The van der Waals surface area contributed by atoms with Crippen molar-refractivity contribution in [2.24, 2.45) is 5.73 Å². The zero-order valence-corrected chi connectivity index (χ0v) is 19.1. The number of fused-ring (bicyclic) bond motifs is 3. The number of nitrogen functional groups attached to an aromatic ring is 1. The van der Waals surface area contributed by atoms with Crippen LogP contribution in [0.1, 0.15) is 44.7 Å². The number of anilines is 1. The normalized spacial score (nSPS) is 11.2. The van der Waals surface area contributed by atoms with Crippen molar-refractivity contribution in [3.05, 3.63) is 101 Å². The van der Waals surface area contributed by atoms with Crippen LogP contribution >= 0.6 is 0 Å². The van der Waals surface area contributed by atoms with Crippen LogP contribution in [0.4, 0.5) is 5.82 Å². The Morgan fingerprint density at radius 1 is 0.857 bits per heavy atom. The number of para-hydroxylation sites is 1. The van der Waals surface area contributed by atoms with Gasteiger partial charge in [-0.05, 0) is 37.0 Å². The second-order valence-electron chi connectivity index (χ2n) is 8.50. The van der Waals surface area contributed by atoms with E-state index < -0.39 is 5.91 Å². The minimum Gasteiger partial charge on any atom is -0.382 e. The van der Waals surface area contributed by atoms with Gasteiger partial charge in [0.05, 0.1) is 17.4 Å². The van der Waals surface area contributed by atoms with Crippen molar-refractivity contribution in [3.63, 3.8) is 0 Å². The first-order valence-corrected chi connectivity index (χ1v) is 11.5. The summed E-state index contributed by atoms with van der Waals surface area (Å²) < 4.78 is 2.09. The molecular weight excluding hydrogens is 438 g/mol. The van der Waals surface area contributed by atoms with E-state index >= 15 is 0 Å². The van der Waals surface area contributed by atoms with Gasteiger partial charge < -0.3 is 16.0 Å². The van der Waals surface area contributed by atoms with Gasteiger partial charge in [0.15, 0.2) is 11.6 Å². The van der Waals surface area contributed by atoms with Gasteiger partial charge in [-0.15, -0.1) is 0 Å². The molecule has 0 bridgehead atoms. The number of aromatic nitrogens is 3. The van der Waals surface area contributed by atoms with E-state index in [0.29, 0.717) is 46.6 Å². The van der Waals surface area contributed by atoms with Crippen molar-refractivity contribution < 1.29 is 9.59 Å². The molecule has 0 aliphatic heterocycles. The maximum Gasteiger partial charge on any atom is 0.249 e. The van der Waals surface area contributed by atoms with Gasteiger partial charge in [-0.3, -0.25) is 9.59 Å². The summed E-state index contributed by atoms with van der Waals surface area (Å²) in [6, 6.07) is 22.1. The fourth-order valence-corrected chi connectivity index (χ4v) is 4.60. The van der Waals surface area contributed by atoms with Crippen LogP contribution in [0.2, 0.25) is 0 Å². The third-order valence-electron chi connectivity index (χ3n) is 6.28. The second kappa shape index (κ2) is 9.38. The predicted octanol–water partition coefficient (Wildman–Crippen LogP) is 4.52. The average molecular weight is 464 g/mol. The maximum absolute atomic E-state index is 13.2. The van der Waals surface area contributed by atoms with Crippen molar-refractivity contribution >= 4 is 39.4 Å². The third kappa shape index (κ3) is 4.24. The summed E-state index contributed by atoms with van der Waals surface area (Å²) in [5.74, 6) is -0.228. The number of ketones is 1. The topological polar surface area (TPSA) is 117 Å². The van der Waals surface area contributed by atoms with Gasteiger partial charge in [-0.1, -0.05) is 60.7 Å². The predicted molar refractivity (Wildman–Crippen MR) is 137 cm³/mol. The zero-order valence-electron chi connectivity index (χ0n) is 19.1. The molecule has 0 radical (unpaired) electrons. The largest absolute Gasteiger partial charge is 0.382 e. The molecule has 4 N–H and O–H groups in total. The third-order valence-corrected chi connectivity index (χ3v) is 6.28. The fourth-order valence-electron chi connectivity index (χ4n) is 4.60. The number of pyridine rings is 1. The lowest BCUT2D eigenvalue weighted by Crippen LogP contribution is -2.17. The van der Waals surface area contributed by atoms with Gasteiger partial charge >= 0.3 is 0 Å². The van der Waals surface area contributed by atoms with Gasteiger partial charge in [0, 0.05) is 28.6 Å². The number of imidazole rings is 1. The van der Waals surface area contributed by atoms with E-state index in [2.05, 4.69) is 14.5 Å². The number of hydrogen-bond donors (Lipinski definition) is 2. The van der Waals surface area contributed by atoms with E-state index in [1.54, 1.807) is 36.7 Å². The first-order chi connectivity index (χ1) is 17.0. The Balaban J connectivity index is 1.39. The van der Waals surface area contributed by atoms with Gasteiger partial charge in [0.25, 0.3) is 0 Å². The molecule has 0 spiro atoms. The summed E-state index contributed by atoms with van der Waals surface area (Å²) in [6.07, 6.45) is 3.92. The molecule has 35 heavy (non-hydrogen) atoms. The molecule has 0 atom stereocenters. The molecule has 7 heteroatoms. The number of amides is 1. The standard InChI is InChI=1S/C28H25N5O2/c29-27-24-25(22-12-4-5-15-23(22)32-27)33(17-31-24)16-7-6-11-19-20(13-8-14-21(19)28(30)35)26(34)18-9-2-1-3-10-18/h1-5,8-10,12-15,17H,6-7,11,16H2,(H2,29,32)(H2,30,35). The Morgan fingerprint density at radius 3 is 2.40 bits per heavy atom. The first-order valence-electron chi connectivity index (χ1n) is 11.5. The Hall–Kier alpha value is -4.52. The van der Waals surface area contributed by atoms with Crippen molar-refractivity contribution in [1.29, 1.82) is 0 Å². The Bertz CT molecular complexity index is 1560. The van der Waals surface area contributed by atoms with E-state index in [-0.39, 0.29) is 5.78 Å². The quantitative estimate of drug-likeness (QED) is 0.259. The maximum atomic E-state index is 13.2. The highest BCUT2D eigenvalue weighted by Crippen LogP contribution is 2.27. The van der Waals surface area contributed by atoms with Crippen molar-refractivity contribution in [2.45, 2.75) is 25.8 Å². The molecule has 2 aromatic heterocycles. The fraction of sp³-hybridized carbons (Fsp3) is 0.143. The molecule has 3 aromatic carbocycles. The Kier molecular flexibility index (Phi) is 5.97. The zero-order chi connectivity index (χ0) is 24.4. The van der Waals surface area contributed by atoms with Crippen LogP contribution in [-0.4, -0.2) is 26.2 Å². The smallest absolute Gasteiger partial charge is 0.249 e. The molecule has 2 heterocycles. The monoisotopic (exact) mass is 463 g/mol. The van der Waals surface area contributed by atoms with Gasteiger partial charge in [0.2, 0.25) is 5.91 Å². The van der Waals surface area contributed by atoms with Crippen LogP contribution in [0.25, 0.3) is 21.9 Å². The molecule has 0 aliphatic rings. The van der Waals surface area contributed by atoms with Crippen LogP contribution in [-0.2, 0) is 13.0 Å². The molecule has 0 saturated heterocycles. The number of primary amides is 1. The second-order valence-corrected chi connectivity index (χ2v) is 8.50. The number of unbranched alkanes of at least 4 members (excludes halogenated alkanes) is 1. The number of rotatable bonds is 8. The summed E-state index contributed by atoms with van der Waals surface area (Å²) in [4.78, 5) is 34.3. The number of hydrogen-bond acceptors (Lipinski definition) is 5. The number of aryl methyl sites for hydroxylation is 1. The van der Waals surface area contributed by atoms with E-state index in [0.717, 1.165) is 29.3 Å². The van der Waals surface area contributed by atoms with E-state index in [4.69, 9.17) is 11.5 Å². The Labute approximate surface area is 202 Å². The molecule has 7 nitrogen and oxygen atoms in total. The highest BCUT2D eigenvalue weighted by molar-refractivity contribution is 6.11. The minimum absolute atomic E-state index is 0.112. The van der Waals surface area contributed by atoms with E-state index in [9.17, 15) is 9.59 Å². The lowest BCUT2D eigenvalue weighted by Gasteiger charge is -2.13. The molecule has 0 fully saturated rings. The highest BCUT2D eigenvalue weighted by atomic mass is 16.1. The number of nitrogens with zero attached hydrogens (tertiary/aromatic N) is 3. The van der Waals surface area contributed by atoms with Gasteiger partial charge in [-0.25, -0.2) is 9.97 Å². The van der Waals surface area contributed by atoms with Gasteiger partial charge in [-0.2, -0.15) is 0 Å². The minimum atomic E-state index is -0.530. The summed E-state index contributed by atoms with van der Waals surface area (Å²) in [7, 11) is 0. The van der Waals surface area contributed by atoms with Crippen LogP contribution in [0, 0.1) is 0 Å². The molecular formula is C28H25N5O2. The first kappa shape index (κ1) is 22.3. The molecule has 174 valence electrons. The van der Waals surface area contributed by atoms with Crippen LogP contribution < -0.4 is 11.5 Å². The average Bonchev–Trinajstić information content (AvgIpc) is 3.31. The number of benzene rings is 3. The number of carbonyl (C=O) groups excluding carboxylic acids is 2. The highest BCUT2D eigenvalue weighted by Gasteiger charge is 2.19. The van der Waals surface area contributed by atoms with Crippen molar-refractivity contribution in [2.75, 3.05) is 5.73 Å². The number of carbonyl (C=O) groups is 2. The summed E-state index contributed by atoms with van der Waals surface area (Å²) >= 11 is 0.